The smallest absolute Gasteiger partial charge is 0.193 e. The number of hydrogen-bond donors (Lipinski definition) is 1. The van der Waals surface area contributed by atoms with Gasteiger partial charge in [0.1, 0.15) is 11.6 Å². The second-order valence-corrected chi connectivity index (χ2v) is 8.39. The molecule has 1 heterocycles. The van der Waals surface area contributed by atoms with Crippen molar-refractivity contribution in [3.63, 3.8) is 0 Å². The molecule has 0 saturated carbocycles. The highest BCUT2D eigenvalue weighted by Crippen LogP contribution is 2.21. The number of guanidine groups is 1. The minimum atomic E-state index is -0.951. The molecule has 0 aromatic heterocycles. The molecule has 5 nitrogen and oxygen atoms in total. The average Bonchev–Trinajstić information content (AvgIpc) is 2.74. The maximum Gasteiger partial charge on any atom is 0.193 e. The molecule has 1 N–H and O–H groups in total. The Morgan fingerprint density at radius 2 is 1.80 bits per heavy atom. The van der Waals surface area contributed by atoms with Crippen molar-refractivity contribution in [1.29, 1.82) is 0 Å². The molecule has 1 aliphatic rings. The van der Waals surface area contributed by atoms with Crippen LogP contribution in [0.5, 0.6) is 0 Å². The minimum Gasteiger partial charge on any atom is -0.366 e. The molecule has 30 heavy (non-hydrogen) atoms. The van der Waals surface area contributed by atoms with Crippen LogP contribution in [0.2, 0.25) is 0 Å². The summed E-state index contributed by atoms with van der Waals surface area (Å²) in [4.78, 5) is 8.22. The SMILES string of the molecule is CN=C(NCCS(=O)Cc1ccccc1)N1CCN(c2cc(F)ccc2F)CC1.I. The summed E-state index contributed by atoms with van der Waals surface area (Å²) in [5.74, 6) is 0.954. The van der Waals surface area contributed by atoms with Gasteiger partial charge in [0.25, 0.3) is 0 Å². The molecule has 0 bridgehead atoms. The Bertz CT molecular complexity index is 861. The number of benzene rings is 2. The molecule has 3 rings (SSSR count). The van der Waals surface area contributed by atoms with Crippen molar-refractivity contribution in [3.05, 3.63) is 65.7 Å². The third-order valence-corrected chi connectivity index (χ3v) is 6.14. The largest absolute Gasteiger partial charge is 0.366 e. The molecular formula is C21H27F2IN4OS. The zero-order chi connectivity index (χ0) is 20.6. The van der Waals surface area contributed by atoms with E-state index < -0.39 is 22.4 Å². The molecule has 2 aromatic carbocycles. The first kappa shape index (κ1) is 24.5. The molecule has 1 aliphatic heterocycles. The number of halogens is 3. The summed E-state index contributed by atoms with van der Waals surface area (Å²) in [5, 5.41) is 3.26. The molecule has 0 aliphatic carbocycles. The predicted octanol–water partition coefficient (Wildman–Crippen LogP) is 3.23. The fraction of sp³-hybridized carbons (Fsp3) is 0.381. The summed E-state index contributed by atoms with van der Waals surface area (Å²) in [6, 6.07) is 13.3. The van der Waals surface area contributed by atoms with Gasteiger partial charge in [-0.15, -0.1) is 24.0 Å². The lowest BCUT2D eigenvalue weighted by Crippen LogP contribution is -2.53. The maximum atomic E-state index is 14.0. The van der Waals surface area contributed by atoms with Crippen molar-refractivity contribution in [1.82, 2.24) is 10.2 Å². The first-order chi connectivity index (χ1) is 14.1. The molecular weight excluding hydrogens is 521 g/mol. The summed E-state index contributed by atoms with van der Waals surface area (Å²) >= 11 is 0. The van der Waals surface area contributed by atoms with Crippen LogP contribution in [0.25, 0.3) is 0 Å². The van der Waals surface area contributed by atoms with E-state index in [9.17, 15) is 13.0 Å². The first-order valence-electron chi connectivity index (χ1n) is 9.61. The Balaban J connectivity index is 0.00000320. The molecule has 9 heteroatoms. The van der Waals surface area contributed by atoms with E-state index in [1.54, 1.807) is 7.05 Å². The normalized spacial score (nSPS) is 15.5. The van der Waals surface area contributed by atoms with Gasteiger partial charge in [-0.05, 0) is 17.7 Å². The average molecular weight is 548 g/mol. The zero-order valence-electron chi connectivity index (χ0n) is 16.9. The Hall–Kier alpha value is -1.75. The lowest BCUT2D eigenvalue weighted by Gasteiger charge is -2.37. The molecule has 1 fully saturated rings. The fourth-order valence-corrected chi connectivity index (χ4v) is 4.37. The number of hydrogen-bond acceptors (Lipinski definition) is 3. The van der Waals surface area contributed by atoms with Gasteiger partial charge in [-0.25, -0.2) is 8.78 Å². The summed E-state index contributed by atoms with van der Waals surface area (Å²) in [6.07, 6.45) is 0. The molecule has 1 saturated heterocycles. The van der Waals surface area contributed by atoms with E-state index in [0.29, 0.717) is 49.9 Å². The van der Waals surface area contributed by atoms with E-state index in [1.165, 1.54) is 6.07 Å². The van der Waals surface area contributed by atoms with E-state index in [1.807, 2.05) is 35.2 Å². The van der Waals surface area contributed by atoms with Crippen LogP contribution in [-0.2, 0) is 16.6 Å². The highest BCUT2D eigenvalue weighted by atomic mass is 127. The van der Waals surface area contributed by atoms with E-state index in [4.69, 9.17) is 0 Å². The van der Waals surface area contributed by atoms with E-state index in [0.717, 1.165) is 23.7 Å². The van der Waals surface area contributed by atoms with Crippen LogP contribution >= 0.6 is 24.0 Å². The van der Waals surface area contributed by atoms with Gasteiger partial charge >= 0.3 is 0 Å². The second kappa shape index (κ2) is 12.2. The third kappa shape index (κ3) is 6.90. The molecule has 2 aromatic rings. The quantitative estimate of drug-likeness (QED) is 0.342. The number of aliphatic imine (C=N–C) groups is 1. The maximum absolute atomic E-state index is 14.0. The number of anilines is 1. The van der Waals surface area contributed by atoms with Crippen LogP contribution in [0.1, 0.15) is 5.56 Å². The Labute approximate surface area is 196 Å². The number of rotatable bonds is 6. The van der Waals surface area contributed by atoms with Gasteiger partial charge in [-0.1, -0.05) is 30.3 Å². The Morgan fingerprint density at radius 3 is 2.47 bits per heavy atom. The van der Waals surface area contributed by atoms with Crippen molar-refractivity contribution in [3.8, 4) is 0 Å². The summed E-state index contributed by atoms with van der Waals surface area (Å²) in [6.45, 7) is 2.98. The molecule has 1 atom stereocenters. The standard InChI is InChI=1S/C21H26F2N4OS.HI/c1-24-21(25-9-14-29(28)16-17-5-3-2-4-6-17)27-12-10-26(11-13-27)20-15-18(22)7-8-19(20)23;/h2-8,15H,9-14,16H2,1H3,(H,24,25);1H. The molecule has 164 valence electrons. The van der Waals surface area contributed by atoms with Crippen LogP contribution in [-0.4, -0.2) is 60.6 Å². The van der Waals surface area contributed by atoms with Gasteiger partial charge < -0.3 is 15.1 Å². The summed E-state index contributed by atoms with van der Waals surface area (Å²) in [5.41, 5.74) is 1.36. The number of nitrogens with zero attached hydrogens (tertiary/aromatic N) is 3. The van der Waals surface area contributed by atoms with Crippen LogP contribution in [0, 0.1) is 11.6 Å². The Morgan fingerprint density at radius 1 is 1.10 bits per heavy atom. The predicted molar refractivity (Wildman–Crippen MR) is 130 cm³/mol. The monoisotopic (exact) mass is 548 g/mol. The highest BCUT2D eigenvalue weighted by Gasteiger charge is 2.22. The fourth-order valence-electron chi connectivity index (χ4n) is 3.33. The van der Waals surface area contributed by atoms with Gasteiger partial charge in [-0.2, -0.15) is 0 Å². The van der Waals surface area contributed by atoms with Crippen LogP contribution in [0.15, 0.2) is 53.5 Å². The molecule has 0 amide bonds. The Kier molecular flexibility index (Phi) is 9.96. The molecule has 0 spiro atoms. The summed E-state index contributed by atoms with van der Waals surface area (Å²) in [7, 11) is 0.759. The second-order valence-electron chi connectivity index (χ2n) is 6.82. The summed E-state index contributed by atoms with van der Waals surface area (Å²) < 4.78 is 39.7. The van der Waals surface area contributed by atoms with Crippen molar-refractivity contribution >= 4 is 46.4 Å². The zero-order valence-corrected chi connectivity index (χ0v) is 20.0. The van der Waals surface area contributed by atoms with E-state index >= 15 is 0 Å². The van der Waals surface area contributed by atoms with Gasteiger partial charge in [0.2, 0.25) is 0 Å². The number of nitrogens with one attached hydrogen (secondary N) is 1. The van der Waals surface area contributed by atoms with Gasteiger partial charge in [0.05, 0.1) is 5.69 Å². The van der Waals surface area contributed by atoms with Crippen molar-refractivity contribution in [2.75, 3.05) is 50.4 Å². The van der Waals surface area contributed by atoms with Crippen molar-refractivity contribution in [2.24, 2.45) is 4.99 Å². The van der Waals surface area contributed by atoms with Crippen LogP contribution in [0.3, 0.4) is 0 Å². The van der Waals surface area contributed by atoms with E-state index in [2.05, 4.69) is 15.2 Å². The minimum absolute atomic E-state index is 0. The highest BCUT2D eigenvalue weighted by molar-refractivity contribution is 14.0. The molecule has 0 radical (unpaired) electrons. The van der Waals surface area contributed by atoms with Crippen LogP contribution < -0.4 is 10.2 Å². The number of piperazine rings is 1. The van der Waals surface area contributed by atoms with Gasteiger partial charge in [0.15, 0.2) is 5.96 Å². The van der Waals surface area contributed by atoms with E-state index in [-0.39, 0.29) is 24.0 Å². The van der Waals surface area contributed by atoms with Crippen molar-refractivity contribution in [2.45, 2.75) is 5.75 Å². The van der Waals surface area contributed by atoms with Gasteiger partial charge in [0, 0.05) is 68.1 Å². The third-order valence-electron chi connectivity index (χ3n) is 4.82. The lowest BCUT2D eigenvalue weighted by atomic mass is 10.2. The van der Waals surface area contributed by atoms with Gasteiger partial charge in [-0.3, -0.25) is 9.20 Å². The first-order valence-corrected chi connectivity index (χ1v) is 11.1. The lowest BCUT2D eigenvalue weighted by molar-refractivity contribution is 0.371. The van der Waals surface area contributed by atoms with Crippen molar-refractivity contribution < 1.29 is 13.0 Å². The van der Waals surface area contributed by atoms with Crippen LogP contribution in [0.4, 0.5) is 14.5 Å². The topological polar surface area (TPSA) is 47.9 Å². The molecule has 1 unspecified atom stereocenters.